The van der Waals surface area contributed by atoms with Gasteiger partial charge in [-0.05, 0) is 48.5 Å². The largest absolute Gasteiger partial charge is 0.497 e. The number of carbonyl (C=O) groups is 2. The number of carbonyl (C=O) groups excluding carboxylic acids is 2. The zero-order chi connectivity index (χ0) is 15.9. The van der Waals surface area contributed by atoms with Gasteiger partial charge in [-0.3, -0.25) is 9.59 Å². The van der Waals surface area contributed by atoms with E-state index in [0.717, 1.165) is 5.75 Å². The van der Waals surface area contributed by atoms with Gasteiger partial charge in [0.2, 0.25) is 5.91 Å². The van der Waals surface area contributed by atoms with E-state index in [1.807, 2.05) is 0 Å². The highest BCUT2D eigenvalue weighted by atomic mass is 35.5. The molecule has 0 saturated carbocycles. The number of alkyl halides is 1. The first kappa shape index (κ1) is 15.9. The van der Waals surface area contributed by atoms with Gasteiger partial charge in [-0.15, -0.1) is 11.6 Å². The molecule has 0 heterocycles. The lowest BCUT2D eigenvalue weighted by Gasteiger charge is -2.07. The van der Waals surface area contributed by atoms with Gasteiger partial charge in [-0.1, -0.05) is 0 Å². The zero-order valence-corrected chi connectivity index (χ0v) is 12.7. The highest BCUT2D eigenvalue weighted by molar-refractivity contribution is 6.29. The van der Waals surface area contributed by atoms with Crippen LogP contribution in [-0.2, 0) is 4.79 Å². The van der Waals surface area contributed by atoms with Crippen molar-refractivity contribution in [3.05, 3.63) is 54.1 Å². The van der Waals surface area contributed by atoms with E-state index in [-0.39, 0.29) is 17.7 Å². The van der Waals surface area contributed by atoms with Crippen LogP contribution in [0.3, 0.4) is 0 Å². The monoisotopic (exact) mass is 318 g/mol. The van der Waals surface area contributed by atoms with Crippen LogP contribution in [0, 0.1) is 0 Å². The Morgan fingerprint density at radius 1 is 0.955 bits per heavy atom. The van der Waals surface area contributed by atoms with Gasteiger partial charge in [0.05, 0.1) is 7.11 Å². The number of amides is 2. The Balaban J connectivity index is 2.01. The van der Waals surface area contributed by atoms with E-state index in [9.17, 15) is 9.59 Å². The van der Waals surface area contributed by atoms with Crippen molar-refractivity contribution in [2.75, 3.05) is 23.6 Å². The van der Waals surface area contributed by atoms with Crippen molar-refractivity contribution in [3.63, 3.8) is 0 Å². The van der Waals surface area contributed by atoms with Crippen LogP contribution in [0.2, 0.25) is 0 Å². The summed E-state index contributed by atoms with van der Waals surface area (Å²) in [5.74, 6) is 0.0783. The molecule has 2 aromatic carbocycles. The molecule has 114 valence electrons. The van der Waals surface area contributed by atoms with Crippen LogP contribution in [0.25, 0.3) is 0 Å². The number of halogens is 1. The third kappa shape index (κ3) is 4.23. The molecule has 0 unspecified atom stereocenters. The molecule has 0 aliphatic heterocycles. The van der Waals surface area contributed by atoms with Gasteiger partial charge in [0.1, 0.15) is 11.6 Å². The summed E-state index contributed by atoms with van der Waals surface area (Å²) in [5, 5.41) is 5.38. The predicted molar refractivity (Wildman–Crippen MR) is 86.7 cm³/mol. The number of benzene rings is 2. The van der Waals surface area contributed by atoms with Crippen LogP contribution in [0.4, 0.5) is 11.4 Å². The first-order valence-corrected chi connectivity index (χ1v) is 7.07. The van der Waals surface area contributed by atoms with Crippen LogP contribution in [-0.4, -0.2) is 24.8 Å². The number of methoxy groups -OCH3 is 1. The number of hydrogen-bond acceptors (Lipinski definition) is 3. The lowest BCUT2D eigenvalue weighted by molar-refractivity contribution is -0.113. The highest BCUT2D eigenvalue weighted by Gasteiger charge is 2.07. The number of nitrogens with one attached hydrogen (secondary N) is 2. The molecule has 2 N–H and O–H groups in total. The fraction of sp³-hybridized carbons (Fsp3) is 0.125. The summed E-state index contributed by atoms with van der Waals surface area (Å²) in [4.78, 5) is 23.3. The quantitative estimate of drug-likeness (QED) is 0.832. The van der Waals surface area contributed by atoms with Gasteiger partial charge in [0, 0.05) is 16.9 Å². The zero-order valence-electron chi connectivity index (χ0n) is 11.9. The Hall–Kier alpha value is -2.53. The lowest BCUT2D eigenvalue weighted by Crippen LogP contribution is -2.14. The average molecular weight is 319 g/mol. The maximum absolute atomic E-state index is 12.1. The van der Waals surface area contributed by atoms with Crippen molar-refractivity contribution >= 4 is 34.8 Å². The average Bonchev–Trinajstić information content (AvgIpc) is 2.56. The van der Waals surface area contributed by atoms with Crippen LogP contribution >= 0.6 is 11.6 Å². The molecule has 0 aliphatic rings. The third-order valence-electron chi connectivity index (χ3n) is 2.90. The van der Waals surface area contributed by atoms with E-state index >= 15 is 0 Å². The second kappa shape index (κ2) is 7.47. The molecular formula is C16H15ClN2O3. The molecule has 6 heteroatoms. The van der Waals surface area contributed by atoms with Crippen molar-refractivity contribution < 1.29 is 14.3 Å². The van der Waals surface area contributed by atoms with Crippen LogP contribution in [0.5, 0.6) is 5.75 Å². The van der Waals surface area contributed by atoms with Crippen molar-refractivity contribution in [2.45, 2.75) is 0 Å². The summed E-state index contributed by atoms with van der Waals surface area (Å²) < 4.78 is 5.06. The molecule has 0 fully saturated rings. The highest BCUT2D eigenvalue weighted by Crippen LogP contribution is 2.16. The lowest BCUT2D eigenvalue weighted by atomic mass is 10.2. The van der Waals surface area contributed by atoms with Crippen molar-refractivity contribution in [1.29, 1.82) is 0 Å². The van der Waals surface area contributed by atoms with Gasteiger partial charge in [-0.2, -0.15) is 0 Å². The van der Waals surface area contributed by atoms with Crippen LogP contribution in [0.1, 0.15) is 10.4 Å². The molecule has 0 radical (unpaired) electrons. The molecule has 0 aromatic heterocycles. The summed E-state index contributed by atoms with van der Waals surface area (Å²) >= 11 is 5.41. The molecule has 22 heavy (non-hydrogen) atoms. The molecule has 0 saturated heterocycles. The summed E-state index contributed by atoms with van der Waals surface area (Å²) in [6, 6.07) is 13.6. The number of rotatable bonds is 5. The molecule has 0 atom stereocenters. The second-order valence-electron chi connectivity index (χ2n) is 4.44. The molecule has 0 aliphatic carbocycles. The number of hydrogen-bond donors (Lipinski definition) is 2. The topological polar surface area (TPSA) is 67.4 Å². The Labute approximate surface area is 133 Å². The van der Waals surface area contributed by atoms with Crippen molar-refractivity contribution in [2.24, 2.45) is 0 Å². The van der Waals surface area contributed by atoms with E-state index in [4.69, 9.17) is 16.3 Å². The fourth-order valence-corrected chi connectivity index (χ4v) is 1.84. The number of anilines is 2. The van der Waals surface area contributed by atoms with Gasteiger partial charge < -0.3 is 15.4 Å². The van der Waals surface area contributed by atoms with Gasteiger partial charge in [0.25, 0.3) is 5.91 Å². The SMILES string of the molecule is COc1ccc(NC(=O)c2ccc(NC(=O)CCl)cc2)cc1. The molecule has 2 rings (SSSR count). The molecule has 2 aromatic rings. The molecule has 0 spiro atoms. The summed E-state index contributed by atoms with van der Waals surface area (Å²) in [5.41, 5.74) is 1.75. The van der Waals surface area contributed by atoms with Crippen LogP contribution in [0.15, 0.2) is 48.5 Å². The molecule has 2 amide bonds. The first-order chi connectivity index (χ1) is 10.6. The standard InChI is InChI=1S/C16H15ClN2O3/c1-22-14-8-6-13(7-9-14)19-16(21)11-2-4-12(5-3-11)18-15(20)10-17/h2-9H,10H2,1H3,(H,18,20)(H,19,21). The van der Waals surface area contributed by atoms with E-state index in [0.29, 0.717) is 16.9 Å². The molecule has 0 bridgehead atoms. The van der Waals surface area contributed by atoms with E-state index < -0.39 is 0 Å². The second-order valence-corrected chi connectivity index (χ2v) is 4.71. The normalized spacial score (nSPS) is 9.91. The maximum atomic E-state index is 12.1. The first-order valence-electron chi connectivity index (χ1n) is 6.53. The Morgan fingerprint density at radius 3 is 2.05 bits per heavy atom. The minimum atomic E-state index is -0.294. The summed E-state index contributed by atoms with van der Waals surface area (Å²) in [6.45, 7) is 0. The Bertz CT molecular complexity index is 654. The smallest absolute Gasteiger partial charge is 0.255 e. The van der Waals surface area contributed by atoms with Gasteiger partial charge in [-0.25, -0.2) is 0 Å². The van der Waals surface area contributed by atoms with E-state index in [2.05, 4.69) is 10.6 Å². The summed E-state index contributed by atoms with van der Waals surface area (Å²) in [7, 11) is 1.58. The van der Waals surface area contributed by atoms with E-state index in [1.165, 1.54) is 0 Å². The van der Waals surface area contributed by atoms with Gasteiger partial charge >= 0.3 is 0 Å². The van der Waals surface area contributed by atoms with Gasteiger partial charge in [0.15, 0.2) is 0 Å². The fourth-order valence-electron chi connectivity index (χ4n) is 1.78. The number of ether oxygens (including phenoxy) is 1. The van der Waals surface area contributed by atoms with E-state index in [1.54, 1.807) is 55.6 Å². The third-order valence-corrected chi connectivity index (χ3v) is 3.14. The Morgan fingerprint density at radius 2 is 1.50 bits per heavy atom. The van der Waals surface area contributed by atoms with Crippen molar-refractivity contribution in [1.82, 2.24) is 0 Å². The summed E-state index contributed by atoms with van der Waals surface area (Å²) in [6.07, 6.45) is 0. The van der Waals surface area contributed by atoms with Crippen LogP contribution < -0.4 is 15.4 Å². The van der Waals surface area contributed by atoms with Crippen molar-refractivity contribution in [3.8, 4) is 5.75 Å². The molecular weight excluding hydrogens is 304 g/mol. The molecule has 5 nitrogen and oxygen atoms in total. The predicted octanol–water partition coefficient (Wildman–Crippen LogP) is 3.12. The minimum absolute atomic E-state index is 0.111. The minimum Gasteiger partial charge on any atom is -0.497 e. The maximum Gasteiger partial charge on any atom is 0.255 e. The Kier molecular flexibility index (Phi) is 5.38.